The van der Waals surface area contributed by atoms with Gasteiger partial charge in [0.1, 0.15) is 5.75 Å². The molecule has 2 nitrogen and oxygen atoms in total. The number of nitrogens with one attached hydrogen (secondary N) is 1. The summed E-state index contributed by atoms with van der Waals surface area (Å²) in [7, 11) is 0. The Labute approximate surface area is 129 Å². The lowest BCUT2D eigenvalue weighted by molar-refractivity contribution is 0.296. The maximum absolute atomic E-state index is 9.80. The molecule has 0 saturated heterocycles. The Balaban J connectivity index is 1.69. The Morgan fingerprint density at radius 3 is 2.57 bits per heavy atom. The maximum atomic E-state index is 9.80. The van der Waals surface area contributed by atoms with Gasteiger partial charge in [-0.15, -0.1) is 0 Å². The SMILES string of the molecule is C[C@H](NC1CCCc2ccc(O)cc21)C1CCCCCC1. The Morgan fingerprint density at radius 2 is 1.81 bits per heavy atom. The number of aromatic hydroxyl groups is 1. The molecule has 0 aromatic heterocycles. The van der Waals surface area contributed by atoms with Crippen molar-refractivity contribution in [2.75, 3.05) is 0 Å². The lowest BCUT2D eigenvalue weighted by atomic mass is 9.85. The number of phenolic OH excluding ortho intramolecular Hbond substituents is 1. The Bertz CT molecular complexity index is 463. The highest BCUT2D eigenvalue weighted by atomic mass is 16.3. The first kappa shape index (κ1) is 14.9. The van der Waals surface area contributed by atoms with E-state index in [0.717, 1.165) is 12.3 Å². The molecule has 1 unspecified atom stereocenters. The number of hydrogen-bond donors (Lipinski definition) is 2. The van der Waals surface area contributed by atoms with Gasteiger partial charge in [-0.1, -0.05) is 31.7 Å². The summed E-state index contributed by atoms with van der Waals surface area (Å²) < 4.78 is 0. The third-order valence-electron chi connectivity index (χ3n) is 5.51. The highest BCUT2D eigenvalue weighted by Gasteiger charge is 2.25. The molecule has 116 valence electrons. The van der Waals surface area contributed by atoms with E-state index < -0.39 is 0 Å². The number of hydrogen-bond acceptors (Lipinski definition) is 2. The molecule has 0 bridgehead atoms. The van der Waals surface area contributed by atoms with E-state index in [0.29, 0.717) is 17.8 Å². The van der Waals surface area contributed by atoms with Crippen LogP contribution in [0, 0.1) is 5.92 Å². The second-order valence-corrected chi connectivity index (χ2v) is 7.03. The molecule has 0 heterocycles. The van der Waals surface area contributed by atoms with E-state index in [-0.39, 0.29) is 0 Å². The van der Waals surface area contributed by atoms with Crippen LogP contribution < -0.4 is 5.32 Å². The zero-order chi connectivity index (χ0) is 14.7. The summed E-state index contributed by atoms with van der Waals surface area (Å²) in [4.78, 5) is 0. The molecule has 1 fully saturated rings. The second-order valence-electron chi connectivity index (χ2n) is 7.03. The van der Waals surface area contributed by atoms with E-state index in [1.165, 1.54) is 62.5 Å². The van der Waals surface area contributed by atoms with Gasteiger partial charge in [-0.2, -0.15) is 0 Å². The van der Waals surface area contributed by atoms with Crippen LogP contribution >= 0.6 is 0 Å². The molecule has 21 heavy (non-hydrogen) atoms. The molecule has 2 aliphatic rings. The van der Waals surface area contributed by atoms with Gasteiger partial charge in [0.15, 0.2) is 0 Å². The van der Waals surface area contributed by atoms with Crippen molar-refractivity contribution in [3.05, 3.63) is 29.3 Å². The number of aryl methyl sites for hydroxylation is 1. The van der Waals surface area contributed by atoms with Crippen LogP contribution in [0.3, 0.4) is 0 Å². The minimum Gasteiger partial charge on any atom is -0.508 e. The fourth-order valence-corrected chi connectivity index (χ4v) is 4.22. The van der Waals surface area contributed by atoms with E-state index in [1.807, 2.05) is 12.1 Å². The van der Waals surface area contributed by atoms with Crippen molar-refractivity contribution in [2.45, 2.75) is 76.8 Å². The quantitative estimate of drug-likeness (QED) is 0.789. The van der Waals surface area contributed by atoms with Crippen LogP contribution in [-0.4, -0.2) is 11.1 Å². The van der Waals surface area contributed by atoms with E-state index in [2.05, 4.69) is 18.3 Å². The number of rotatable bonds is 3. The van der Waals surface area contributed by atoms with Gasteiger partial charge in [-0.05, 0) is 68.2 Å². The topological polar surface area (TPSA) is 32.3 Å². The van der Waals surface area contributed by atoms with Crippen molar-refractivity contribution in [1.29, 1.82) is 0 Å². The van der Waals surface area contributed by atoms with Gasteiger partial charge >= 0.3 is 0 Å². The molecule has 0 radical (unpaired) electrons. The molecule has 0 spiro atoms. The zero-order valence-corrected chi connectivity index (χ0v) is 13.3. The highest BCUT2D eigenvalue weighted by molar-refractivity contribution is 5.38. The monoisotopic (exact) mass is 287 g/mol. The van der Waals surface area contributed by atoms with E-state index in [9.17, 15) is 5.11 Å². The molecule has 1 aromatic rings. The lowest BCUT2D eigenvalue weighted by Crippen LogP contribution is -2.37. The molecule has 3 rings (SSSR count). The zero-order valence-electron chi connectivity index (χ0n) is 13.3. The number of phenols is 1. The van der Waals surface area contributed by atoms with Crippen molar-refractivity contribution in [2.24, 2.45) is 5.92 Å². The van der Waals surface area contributed by atoms with Crippen molar-refractivity contribution < 1.29 is 5.11 Å². The molecular weight excluding hydrogens is 258 g/mol. The van der Waals surface area contributed by atoms with E-state index in [1.54, 1.807) is 0 Å². The summed E-state index contributed by atoms with van der Waals surface area (Å²) >= 11 is 0. The standard InChI is InChI=1S/C19H29NO/c1-14(15-7-4-2-3-5-8-15)20-19-10-6-9-16-11-12-17(21)13-18(16)19/h11-15,19-21H,2-10H2,1H3/t14-,19?/m0/s1. The van der Waals surface area contributed by atoms with Crippen molar-refractivity contribution >= 4 is 0 Å². The van der Waals surface area contributed by atoms with Crippen molar-refractivity contribution in [1.82, 2.24) is 5.32 Å². The van der Waals surface area contributed by atoms with Gasteiger partial charge in [0, 0.05) is 12.1 Å². The van der Waals surface area contributed by atoms with Crippen LogP contribution in [0.25, 0.3) is 0 Å². The predicted molar refractivity (Wildman–Crippen MR) is 87.6 cm³/mol. The molecule has 0 amide bonds. The fourth-order valence-electron chi connectivity index (χ4n) is 4.22. The lowest BCUT2D eigenvalue weighted by Gasteiger charge is -2.32. The summed E-state index contributed by atoms with van der Waals surface area (Å²) in [5.41, 5.74) is 2.76. The number of fused-ring (bicyclic) bond motifs is 1. The minimum absolute atomic E-state index is 0.407. The average Bonchev–Trinajstić information content (AvgIpc) is 2.77. The Morgan fingerprint density at radius 1 is 1.05 bits per heavy atom. The predicted octanol–water partition coefficient (Wildman–Crippen LogP) is 4.72. The molecular formula is C19H29NO. The molecule has 2 aliphatic carbocycles. The van der Waals surface area contributed by atoms with Crippen LogP contribution in [0.5, 0.6) is 5.75 Å². The average molecular weight is 287 g/mol. The third kappa shape index (κ3) is 3.60. The largest absolute Gasteiger partial charge is 0.508 e. The summed E-state index contributed by atoms with van der Waals surface area (Å²) in [5.74, 6) is 1.24. The first-order valence-corrected chi connectivity index (χ1v) is 8.82. The van der Waals surface area contributed by atoms with Gasteiger partial charge in [0.25, 0.3) is 0 Å². The third-order valence-corrected chi connectivity index (χ3v) is 5.51. The first-order chi connectivity index (χ1) is 10.2. The summed E-state index contributed by atoms with van der Waals surface area (Å²) in [6.07, 6.45) is 12.0. The minimum atomic E-state index is 0.407. The van der Waals surface area contributed by atoms with Gasteiger partial charge in [-0.3, -0.25) is 0 Å². The second kappa shape index (κ2) is 6.83. The van der Waals surface area contributed by atoms with Gasteiger partial charge in [0.2, 0.25) is 0 Å². The smallest absolute Gasteiger partial charge is 0.115 e. The first-order valence-electron chi connectivity index (χ1n) is 8.82. The Kier molecular flexibility index (Phi) is 4.84. The molecule has 1 aromatic carbocycles. The van der Waals surface area contributed by atoms with Crippen LogP contribution in [0.2, 0.25) is 0 Å². The van der Waals surface area contributed by atoms with Crippen LogP contribution in [0.4, 0.5) is 0 Å². The molecule has 2 heteroatoms. The summed E-state index contributed by atoms with van der Waals surface area (Å²) in [6, 6.07) is 6.93. The summed E-state index contributed by atoms with van der Waals surface area (Å²) in [5, 5.41) is 13.7. The van der Waals surface area contributed by atoms with Crippen molar-refractivity contribution in [3.8, 4) is 5.75 Å². The normalized spacial score (nSPS) is 25.1. The van der Waals surface area contributed by atoms with Gasteiger partial charge < -0.3 is 10.4 Å². The van der Waals surface area contributed by atoms with Crippen molar-refractivity contribution in [3.63, 3.8) is 0 Å². The number of benzene rings is 1. The van der Waals surface area contributed by atoms with Crippen LogP contribution in [-0.2, 0) is 6.42 Å². The molecule has 0 aliphatic heterocycles. The van der Waals surface area contributed by atoms with Gasteiger partial charge in [-0.25, -0.2) is 0 Å². The highest BCUT2D eigenvalue weighted by Crippen LogP contribution is 2.34. The van der Waals surface area contributed by atoms with Gasteiger partial charge in [0.05, 0.1) is 0 Å². The van der Waals surface area contributed by atoms with E-state index >= 15 is 0 Å². The van der Waals surface area contributed by atoms with E-state index in [4.69, 9.17) is 0 Å². The molecule has 2 N–H and O–H groups in total. The summed E-state index contributed by atoms with van der Waals surface area (Å²) in [6.45, 7) is 2.37. The fraction of sp³-hybridized carbons (Fsp3) is 0.684. The van der Waals surface area contributed by atoms with Crippen LogP contribution in [0.15, 0.2) is 18.2 Å². The Hall–Kier alpha value is -1.02. The maximum Gasteiger partial charge on any atom is 0.115 e. The molecule has 2 atom stereocenters. The van der Waals surface area contributed by atoms with Crippen LogP contribution in [0.1, 0.15) is 75.5 Å². The molecule has 1 saturated carbocycles.